The topological polar surface area (TPSA) is 29.1 Å². The van der Waals surface area contributed by atoms with Crippen molar-refractivity contribution in [2.45, 2.75) is 38.5 Å². The molecule has 1 aromatic carbocycles. The van der Waals surface area contributed by atoms with Crippen molar-refractivity contribution in [1.29, 1.82) is 0 Å². The van der Waals surface area contributed by atoms with Gasteiger partial charge in [0.1, 0.15) is 0 Å². The van der Waals surface area contributed by atoms with Crippen molar-refractivity contribution in [3.05, 3.63) is 34.9 Å². The Kier molecular flexibility index (Phi) is 4.28. The zero-order valence-electron chi connectivity index (χ0n) is 11.0. The van der Waals surface area contributed by atoms with E-state index in [1.807, 2.05) is 6.07 Å². The average molecular weight is 266 g/mol. The number of hydrogen-bond donors (Lipinski definition) is 1. The van der Waals surface area contributed by atoms with E-state index < -0.39 is 0 Å². The first-order valence-electron chi connectivity index (χ1n) is 6.68. The van der Waals surface area contributed by atoms with Crippen LogP contribution in [-0.2, 0) is 6.42 Å². The number of fused-ring (bicyclic) bond motifs is 1. The predicted molar refractivity (Wildman–Crippen MR) is 75.1 cm³/mol. The van der Waals surface area contributed by atoms with Gasteiger partial charge >= 0.3 is 0 Å². The van der Waals surface area contributed by atoms with Crippen LogP contribution in [0.5, 0.6) is 0 Å². The van der Waals surface area contributed by atoms with E-state index in [1.54, 1.807) is 0 Å². The molecule has 2 nitrogen and oxygen atoms in total. The van der Waals surface area contributed by atoms with Crippen LogP contribution in [0.4, 0.5) is 0 Å². The number of carbonyl (C=O) groups is 1. The first-order chi connectivity index (χ1) is 8.63. The zero-order chi connectivity index (χ0) is 13.1. The number of rotatable bonds is 3. The maximum absolute atomic E-state index is 12.0. The molecule has 0 spiro atoms. The molecule has 0 radical (unpaired) electrons. The molecule has 1 aromatic rings. The number of amides is 1. The molecule has 18 heavy (non-hydrogen) atoms. The van der Waals surface area contributed by atoms with Crippen molar-refractivity contribution in [2.24, 2.45) is 5.92 Å². The van der Waals surface area contributed by atoms with E-state index in [0.29, 0.717) is 5.92 Å². The summed E-state index contributed by atoms with van der Waals surface area (Å²) in [4.78, 5) is 12.0. The average Bonchev–Trinajstić information content (AvgIpc) is 2.59. The highest BCUT2D eigenvalue weighted by atomic mass is 35.5. The summed E-state index contributed by atoms with van der Waals surface area (Å²) in [5, 5.41) is 2.91. The minimum absolute atomic E-state index is 0.0173. The highest BCUT2D eigenvalue weighted by molar-refractivity contribution is 6.21. The summed E-state index contributed by atoms with van der Waals surface area (Å²) in [6.07, 6.45) is 3.01. The van der Waals surface area contributed by atoms with Gasteiger partial charge in [-0.25, -0.2) is 0 Å². The first-order valence-corrected chi connectivity index (χ1v) is 7.12. The van der Waals surface area contributed by atoms with Gasteiger partial charge in [-0.3, -0.25) is 4.79 Å². The van der Waals surface area contributed by atoms with Crippen LogP contribution in [0.2, 0.25) is 0 Å². The van der Waals surface area contributed by atoms with Gasteiger partial charge in [0, 0.05) is 12.1 Å². The summed E-state index contributed by atoms with van der Waals surface area (Å²) >= 11 is 6.46. The third-order valence-electron chi connectivity index (χ3n) is 3.75. The van der Waals surface area contributed by atoms with Crippen LogP contribution in [-0.4, -0.2) is 12.5 Å². The van der Waals surface area contributed by atoms with E-state index in [-0.39, 0.29) is 11.3 Å². The fourth-order valence-corrected chi connectivity index (χ4v) is 2.62. The fraction of sp³-hybridized carbons (Fsp3) is 0.533. The molecule has 1 aliphatic heterocycles. The van der Waals surface area contributed by atoms with E-state index in [4.69, 9.17) is 11.6 Å². The third kappa shape index (κ3) is 2.69. The van der Waals surface area contributed by atoms with Gasteiger partial charge in [0.15, 0.2) is 0 Å². The fourth-order valence-electron chi connectivity index (χ4n) is 2.31. The van der Waals surface area contributed by atoms with Crippen molar-refractivity contribution >= 4 is 17.5 Å². The Morgan fingerprint density at radius 3 is 2.94 bits per heavy atom. The highest BCUT2D eigenvalue weighted by Gasteiger charge is 2.20. The lowest BCUT2D eigenvalue weighted by Gasteiger charge is -2.18. The molecule has 0 fully saturated rings. The van der Waals surface area contributed by atoms with Crippen molar-refractivity contribution < 1.29 is 4.79 Å². The van der Waals surface area contributed by atoms with Crippen LogP contribution in [0.3, 0.4) is 0 Å². The van der Waals surface area contributed by atoms with E-state index in [9.17, 15) is 4.79 Å². The summed E-state index contributed by atoms with van der Waals surface area (Å²) in [6.45, 7) is 5.04. The van der Waals surface area contributed by atoms with Crippen LogP contribution in [0.25, 0.3) is 0 Å². The van der Waals surface area contributed by atoms with Gasteiger partial charge in [-0.1, -0.05) is 32.4 Å². The van der Waals surface area contributed by atoms with Crippen molar-refractivity contribution in [2.75, 3.05) is 6.54 Å². The largest absolute Gasteiger partial charge is 0.352 e. The Morgan fingerprint density at radius 2 is 2.22 bits per heavy atom. The molecule has 98 valence electrons. The van der Waals surface area contributed by atoms with Crippen LogP contribution < -0.4 is 5.32 Å². The smallest absolute Gasteiger partial charge is 0.251 e. The van der Waals surface area contributed by atoms with Gasteiger partial charge in [0.05, 0.1) is 5.38 Å². The Bertz CT molecular complexity index is 444. The van der Waals surface area contributed by atoms with Gasteiger partial charge < -0.3 is 5.32 Å². The molecular formula is C15H20ClNO. The van der Waals surface area contributed by atoms with Gasteiger partial charge in [-0.2, -0.15) is 0 Å². The lowest BCUT2D eigenvalue weighted by Crippen LogP contribution is -2.22. The van der Waals surface area contributed by atoms with E-state index in [1.165, 1.54) is 0 Å². The molecule has 3 heteroatoms. The summed E-state index contributed by atoms with van der Waals surface area (Å²) in [5.74, 6) is 0.455. The lowest BCUT2D eigenvalue weighted by atomic mass is 9.94. The number of hydrogen-bond acceptors (Lipinski definition) is 1. The van der Waals surface area contributed by atoms with Crippen LogP contribution in [0, 0.1) is 5.92 Å². The molecule has 0 aromatic heterocycles. The summed E-state index contributed by atoms with van der Waals surface area (Å²) < 4.78 is 0. The minimum atomic E-state index is -0.0173. The second-order valence-electron chi connectivity index (χ2n) is 5.06. The third-order valence-corrected chi connectivity index (χ3v) is 4.43. The molecule has 2 rings (SSSR count). The zero-order valence-corrected chi connectivity index (χ0v) is 11.8. The molecule has 1 aliphatic rings. The highest BCUT2D eigenvalue weighted by Crippen LogP contribution is 2.32. The van der Waals surface area contributed by atoms with E-state index >= 15 is 0 Å². The van der Waals surface area contributed by atoms with Crippen molar-refractivity contribution in [3.8, 4) is 0 Å². The van der Waals surface area contributed by atoms with Crippen LogP contribution in [0.15, 0.2) is 18.2 Å². The predicted octanol–water partition coefficient (Wildman–Crippen LogP) is 3.69. The number of benzene rings is 1. The molecule has 0 aliphatic carbocycles. The Morgan fingerprint density at radius 1 is 1.44 bits per heavy atom. The number of alkyl halides is 1. The summed E-state index contributed by atoms with van der Waals surface area (Å²) in [6, 6.07) is 6.11. The molecule has 1 amide bonds. The first kappa shape index (κ1) is 13.4. The maximum atomic E-state index is 12.0. The second-order valence-corrected chi connectivity index (χ2v) is 5.53. The summed E-state index contributed by atoms with van der Waals surface area (Å²) in [7, 11) is 0. The Balaban J connectivity index is 2.33. The monoisotopic (exact) mass is 265 g/mol. The Hall–Kier alpha value is -1.02. The molecule has 2 atom stereocenters. The van der Waals surface area contributed by atoms with E-state index in [2.05, 4.69) is 31.3 Å². The van der Waals surface area contributed by atoms with Crippen LogP contribution >= 0.6 is 11.6 Å². The quantitative estimate of drug-likeness (QED) is 0.830. The van der Waals surface area contributed by atoms with Gasteiger partial charge in [-0.05, 0) is 36.0 Å². The number of halogens is 1. The molecule has 0 saturated carbocycles. The normalized spacial score (nSPS) is 18.5. The molecule has 1 heterocycles. The molecule has 1 N–H and O–H groups in total. The molecule has 0 bridgehead atoms. The van der Waals surface area contributed by atoms with Crippen molar-refractivity contribution in [3.63, 3.8) is 0 Å². The standard InChI is InChI=1S/C15H20ClNO/c1-3-10(2)14(16)12-7-6-11-5-4-8-17-15(18)13(11)9-12/h6-7,9-10,14H,3-5,8H2,1-2H3,(H,17,18). The van der Waals surface area contributed by atoms with Gasteiger partial charge in [-0.15, -0.1) is 11.6 Å². The SMILES string of the molecule is CCC(C)C(Cl)c1ccc2c(c1)C(=O)NCCC2. The minimum Gasteiger partial charge on any atom is -0.352 e. The molecule has 0 saturated heterocycles. The Labute approximate surface area is 114 Å². The number of nitrogens with one attached hydrogen (secondary N) is 1. The summed E-state index contributed by atoms with van der Waals surface area (Å²) in [5.41, 5.74) is 3.00. The van der Waals surface area contributed by atoms with E-state index in [0.717, 1.165) is 42.5 Å². The van der Waals surface area contributed by atoms with Gasteiger partial charge in [0.25, 0.3) is 5.91 Å². The van der Waals surface area contributed by atoms with Crippen molar-refractivity contribution in [1.82, 2.24) is 5.32 Å². The maximum Gasteiger partial charge on any atom is 0.251 e. The number of aryl methyl sites for hydroxylation is 1. The van der Waals surface area contributed by atoms with Crippen LogP contribution in [0.1, 0.15) is 53.6 Å². The molecule has 2 unspecified atom stereocenters. The molecular weight excluding hydrogens is 246 g/mol. The second kappa shape index (κ2) is 5.75. The number of carbonyl (C=O) groups excluding carboxylic acids is 1. The van der Waals surface area contributed by atoms with Gasteiger partial charge in [0.2, 0.25) is 0 Å². The lowest BCUT2D eigenvalue weighted by molar-refractivity contribution is 0.0956.